The molecule has 5 heteroatoms. The summed E-state index contributed by atoms with van der Waals surface area (Å²) in [6, 6.07) is 7.31. The van der Waals surface area contributed by atoms with Gasteiger partial charge in [0.25, 0.3) is 5.91 Å². The number of nitrogens with two attached hydrogens (primary N) is 1. The highest BCUT2D eigenvalue weighted by Crippen LogP contribution is 2.26. The predicted octanol–water partition coefficient (Wildman–Crippen LogP) is 1.57. The molecule has 0 unspecified atom stereocenters. The summed E-state index contributed by atoms with van der Waals surface area (Å²) in [4.78, 5) is 11.7. The molecule has 1 amide bonds. The molecule has 3 N–H and O–H groups in total. The average Bonchev–Trinajstić information content (AvgIpc) is 2.73. The van der Waals surface area contributed by atoms with E-state index in [-0.39, 0.29) is 12.5 Å². The lowest BCUT2D eigenvalue weighted by atomic mass is 10.1. The van der Waals surface area contributed by atoms with Crippen LogP contribution in [0.5, 0.6) is 0 Å². The van der Waals surface area contributed by atoms with Gasteiger partial charge in [-0.05, 0) is 13.0 Å². The predicted molar refractivity (Wildman–Crippen MR) is 63.2 cm³/mol. The first-order chi connectivity index (χ1) is 8.27. The largest absolute Gasteiger partial charge is 0.458 e. The number of amides is 1. The maximum absolute atomic E-state index is 11.7. The van der Waals surface area contributed by atoms with Gasteiger partial charge in [0.2, 0.25) is 0 Å². The summed E-state index contributed by atoms with van der Waals surface area (Å²) in [5.74, 6) is 5.30. The van der Waals surface area contributed by atoms with E-state index in [0.717, 1.165) is 5.39 Å². The second-order valence-corrected chi connectivity index (χ2v) is 3.51. The number of rotatable bonds is 4. The van der Waals surface area contributed by atoms with Gasteiger partial charge in [0.05, 0.1) is 5.56 Å². The van der Waals surface area contributed by atoms with E-state index in [9.17, 15) is 4.79 Å². The van der Waals surface area contributed by atoms with Gasteiger partial charge in [-0.1, -0.05) is 18.2 Å². The molecule has 2 rings (SSSR count). The number of hydrazine groups is 1. The topological polar surface area (TPSA) is 77.5 Å². The van der Waals surface area contributed by atoms with E-state index in [1.807, 2.05) is 25.1 Å². The third kappa shape index (κ3) is 2.15. The van der Waals surface area contributed by atoms with E-state index in [2.05, 4.69) is 5.43 Å². The Hall–Kier alpha value is -1.85. The quantitative estimate of drug-likeness (QED) is 0.478. The van der Waals surface area contributed by atoms with E-state index in [4.69, 9.17) is 15.0 Å². The molecular formula is C12H14N2O3. The Labute approximate surface area is 98.5 Å². The molecule has 0 atom stereocenters. The molecule has 0 bridgehead atoms. The molecule has 1 aromatic carbocycles. The Morgan fingerprint density at radius 2 is 2.24 bits per heavy atom. The van der Waals surface area contributed by atoms with Gasteiger partial charge in [0.1, 0.15) is 18.0 Å². The van der Waals surface area contributed by atoms with Gasteiger partial charge in [0, 0.05) is 12.0 Å². The summed E-state index contributed by atoms with van der Waals surface area (Å²) < 4.78 is 10.9. The lowest BCUT2D eigenvalue weighted by molar-refractivity contribution is 0.0934. The van der Waals surface area contributed by atoms with Crippen molar-refractivity contribution in [2.24, 2.45) is 5.84 Å². The first kappa shape index (κ1) is 11.6. The van der Waals surface area contributed by atoms with Gasteiger partial charge in [-0.15, -0.1) is 0 Å². The second kappa shape index (κ2) is 4.99. The van der Waals surface area contributed by atoms with Crippen molar-refractivity contribution in [1.82, 2.24) is 5.43 Å². The number of hydrogen-bond acceptors (Lipinski definition) is 4. The van der Waals surface area contributed by atoms with Crippen LogP contribution in [0.1, 0.15) is 23.0 Å². The molecule has 0 spiro atoms. The van der Waals surface area contributed by atoms with Crippen LogP contribution >= 0.6 is 0 Å². The molecule has 90 valence electrons. The Balaban J connectivity index is 2.52. The second-order valence-electron chi connectivity index (χ2n) is 3.51. The summed E-state index contributed by atoms with van der Waals surface area (Å²) in [5, 5.41) is 0.741. The van der Waals surface area contributed by atoms with Crippen LogP contribution in [0, 0.1) is 0 Å². The van der Waals surface area contributed by atoms with Gasteiger partial charge in [-0.2, -0.15) is 0 Å². The fraction of sp³-hybridized carbons (Fsp3) is 0.250. The van der Waals surface area contributed by atoms with Crippen molar-refractivity contribution < 1.29 is 13.9 Å². The van der Waals surface area contributed by atoms with Crippen molar-refractivity contribution in [3.8, 4) is 0 Å². The van der Waals surface area contributed by atoms with Crippen molar-refractivity contribution in [2.75, 3.05) is 6.61 Å². The van der Waals surface area contributed by atoms with Gasteiger partial charge < -0.3 is 9.15 Å². The minimum absolute atomic E-state index is 0.258. The summed E-state index contributed by atoms with van der Waals surface area (Å²) in [6.45, 7) is 2.69. The van der Waals surface area contributed by atoms with Crippen molar-refractivity contribution in [3.05, 3.63) is 35.6 Å². The molecule has 0 saturated carbocycles. The van der Waals surface area contributed by atoms with Gasteiger partial charge >= 0.3 is 0 Å². The fourth-order valence-corrected chi connectivity index (χ4v) is 1.71. The molecule has 1 aromatic heterocycles. The zero-order valence-electron chi connectivity index (χ0n) is 9.53. The Bertz CT molecular complexity index is 534. The zero-order valence-corrected chi connectivity index (χ0v) is 9.53. The molecular weight excluding hydrogens is 220 g/mol. The Morgan fingerprint density at radius 3 is 2.94 bits per heavy atom. The van der Waals surface area contributed by atoms with Crippen LogP contribution in [0.15, 0.2) is 28.7 Å². The number of para-hydroxylation sites is 1. The van der Waals surface area contributed by atoms with Crippen LogP contribution in [0.3, 0.4) is 0 Å². The zero-order chi connectivity index (χ0) is 12.3. The maximum atomic E-state index is 11.7. The number of nitrogens with one attached hydrogen (secondary N) is 1. The SMILES string of the molecule is CCOCc1oc2ccccc2c1C(=O)NN. The van der Waals surface area contributed by atoms with Crippen molar-refractivity contribution in [2.45, 2.75) is 13.5 Å². The molecule has 0 radical (unpaired) electrons. The van der Waals surface area contributed by atoms with Crippen LogP contribution in [-0.4, -0.2) is 12.5 Å². The van der Waals surface area contributed by atoms with Crippen molar-refractivity contribution in [1.29, 1.82) is 0 Å². The molecule has 0 fully saturated rings. The van der Waals surface area contributed by atoms with E-state index in [1.54, 1.807) is 6.07 Å². The standard InChI is InChI=1S/C12H14N2O3/c1-2-16-7-10-11(12(15)14-13)8-5-3-4-6-9(8)17-10/h3-6H,2,7,13H2,1H3,(H,14,15). The molecule has 0 aliphatic carbocycles. The summed E-state index contributed by atoms with van der Waals surface area (Å²) in [6.07, 6.45) is 0. The first-order valence-corrected chi connectivity index (χ1v) is 5.37. The molecule has 2 aromatic rings. The summed E-state index contributed by atoms with van der Waals surface area (Å²) in [7, 11) is 0. The minimum Gasteiger partial charge on any atom is -0.458 e. The third-order valence-corrected chi connectivity index (χ3v) is 2.46. The first-order valence-electron chi connectivity index (χ1n) is 5.37. The Morgan fingerprint density at radius 1 is 1.47 bits per heavy atom. The number of benzene rings is 1. The molecule has 17 heavy (non-hydrogen) atoms. The Kier molecular flexibility index (Phi) is 3.41. The van der Waals surface area contributed by atoms with Crippen LogP contribution < -0.4 is 11.3 Å². The maximum Gasteiger partial charge on any atom is 0.269 e. The number of furan rings is 1. The van der Waals surface area contributed by atoms with E-state index < -0.39 is 0 Å². The van der Waals surface area contributed by atoms with Crippen LogP contribution in [-0.2, 0) is 11.3 Å². The number of carbonyl (C=O) groups excluding carboxylic acids is 1. The highest BCUT2D eigenvalue weighted by atomic mass is 16.5. The lowest BCUT2D eigenvalue weighted by Gasteiger charge is -2.01. The minimum atomic E-state index is -0.371. The van der Waals surface area contributed by atoms with Crippen LogP contribution in [0.25, 0.3) is 11.0 Å². The number of nitrogen functional groups attached to an aromatic ring is 1. The van der Waals surface area contributed by atoms with Gasteiger partial charge in [-0.25, -0.2) is 5.84 Å². The van der Waals surface area contributed by atoms with Gasteiger partial charge in [-0.3, -0.25) is 10.2 Å². The highest BCUT2D eigenvalue weighted by molar-refractivity contribution is 6.06. The van der Waals surface area contributed by atoms with Gasteiger partial charge in [0.15, 0.2) is 0 Å². The highest BCUT2D eigenvalue weighted by Gasteiger charge is 2.19. The summed E-state index contributed by atoms with van der Waals surface area (Å²) in [5.41, 5.74) is 3.22. The fourth-order valence-electron chi connectivity index (χ4n) is 1.71. The van der Waals surface area contributed by atoms with E-state index in [1.165, 1.54) is 0 Å². The average molecular weight is 234 g/mol. The number of carbonyl (C=O) groups is 1. The van der Waals surface area contributed by atoms with Crippen molar-refractivity contribution >= 4 is 16.9 Å². The molecule has 5 nitrogen and oxygen atoms in total. The van der Waals surface area contributed by atoms with Crippen LogP contribution in [0.2, 0.25) is 0 Å². The third-order valence-electron chi connectivity index (χ3n) is 2.46. The molecule has 0 aliphatic rings. The van der Waals surface area contributed by atoms with E-state index in [0.29, 0.717) is 23.5 Å². The molecule has 1 heterocycles. The lowest BCUT2D eigenvalue weighted by Crippen LogP contribution is -2.30. The smallest absolute Gasteiger partial charge is 0.269 e. The van der Waals surface area contributed by atoms with Crippen LogP contribution in [0.4, 0.5) is 0 Å². The number of fused-ring (bicyclic) bond motifs is 1. The van der Waals surface area contributed by atoms with Crippen molar-refractivity contribution in [3.63, 3.8) is 0 Å². The number of ether oxygens (including phenoxy) is 1. The molecule has 0 saturated heterocycles. The summed E-state index contributed by atoms with van der Waals surface area (Å²) >= 11 is 0. The van der Waals surface area contributed by atoms with E-state index >= 15 is 0 Å². The number of hydrogen-bond donors (Lipinski definition) is 2. The molecule has 0 aliphatic heterocycles. The monoisotopic (exact) mass is 234 g/mol. The normalized spacial score (nSPS) is 10.7.